The lowest BCUT2D eigenvalue weighted by atomic mass is 9.95. The number of anilines is 1. The molecule has 0 saturated carbocycles. The molecule has 0 fully saturated rings. The van der Waals surface area contributed by atoms with Gasteiger partial charge in [0.05, 0.1) is 23.1 Å². The summed E-state index contributed by atoms with van der Waals surface area (Å²) in [5.41, 5.74) is 1.90. The zero-order chi connectivity index (χ0) is 25.4. The standard InChI is InChI=1S/C26H27N5O4S/c1-3-12-31-21(27)16(14-17-22(31)28-19-11-7-8-13-30(19)25(17)33)23(32)29-24-20(26(34)35-4-2)15-9-5-6-10-18(15)36-24/h7-8,11,13-14,27H,3-6,9-10,12H2,1-2H3,(H,29,32). The number of esters is 1. The molecule has 4 aromatic heterocycles. The second-order valence-electron chi connectivity index (χ2n) is 8.73. The molecule has 4 aromatic rings. The van der Waals surface area contributed by atoms with Gasteiger partial charge in [-0.3, -0.25) is 19.4 Å². The molecule has 0 saturated heterocycles. The van der Waals surface area contributed by atoms with Gasteiger partial charge in [0.2, 0.25) is 0 Å². The van der Waals surface area contributed by atoms with Gasteiger partial charge >= 0.3 is 5.97 Å². The van der Waals surface area contributed by atoms with Crippen molar-refractivity contribution in [3.8, 4) is 0 Å². The Morgan fingerprint density at radius 2 is 2.03 bits per heavy atom. The molecule has 5 rings (SSSR count). The first-order chi connectivity index (χ1) is 17.4. The maximum atomic E-state index is 13.5. The van der Waals surface area contributed by atoms with Crippen molar-refractivity contribution in [2.24, 2.45) is 0 Å². The van der Waals surface area contributed by atoms with E-state index in [-0.39, 0.29) is 28.6 Å². The highest BCUT2D eigenvalue weighted by molar-refractivity contribution is 7.17. The fraction of sp³-hybridized carbons (Fsp3) is 0.346. The summed E-state index contributed by atoms with van der Waals surface area (Å²) in [6, 6.07) is 6.70. The van der Waals surface area contributed by atoms with E-state index < -0.39 is 11.9 Å². The fourth-order valence-corrected chi connectivity index (χ4v) is 6.02. The first-order valence-corrected chi connectivity index (χ1v) is 13.0. The van der Waals surface area contributed by atoms with Crippen LogP contribution in [-0.2, 0) is 24.1 Å². The molecule has 2 N–H and O–H groups in total. The summed E-state index contributed by atoms with van der Waals surface area (Å²) in [5, 5.41) is 12.4. The van der Waals surface area contributed by atoms with Crippen LogP contribution < -0.4 is 16.4 Å². The number of carbonyl (C=O) groups is 2. The minimum atomic E-state index is -0.548. The van der Waals surface area contributed by atoms with E-state index in [4.69, 9.17) is 10.1 Å². The van der Waals surface area contributed by atoms with Gasteiger partial charge in [-0.05, 0) is 62.8 Å². The zero-order valence-corrected chi connectivity index (χ0v) is 21.0. The molecule has 0 radical (unpaired) electrons. The molecule has 1 amide bonds. The second-order valence-corrected chi connectivity index (χ2v) is 9.84. The lowest BCUT2D eigenvalue weighted by Gasteiger charge is -2.14. The van der Waals surface area contributed by atoms with Crippen molar-refractivity contribution in [3.63, 3.8) is 0 Å². The van der Waals surface area contributed by atoms with Gasteiger partial charge in [0.15, 0.2) is 0 Å². The summed E-state index contributed by atoms with van der Waals surface area (Å²) >= 11 is 1.39. The number of carbonyl (C=O) groups excluding carboxylic acids is 2. The number of pyridine rings is 2. The highest BCUT2D eigenvalue weighted by atomic mass is 32.1. The lowest BCUT2D eigenvalue weighted by Crippen LogP contribution is -2.32. The third kappa shape index (κ3) is 4.01. The van der Waals surface area contributed by atoms with Gasteiger partial charge in [0.25, 0.3) is 11.5 Å². The number of nitrogens with zero attached hydrogens (tertiary/aromatic N) is 3. The number of fused-ring (bicyclic) bond motifs is 3. The van der Waals surface area contributed by atoms with Crippen molar-refractivity contribution in [1.82, 2.24) is 14.0 Å². The van der Waals surface area contributed by atoms with Crippen molar-refractivity contribution in [3.05, 3.63) is 67.9 Å². The summed E-state index contributed by atoms with van der Waals surface area (Å²) in [7, 11) is 0. The number of ether oxygens (including phenoxy) is 1. The van der Waals surface area contributed by atoms with Crippen LogP contribution in [0.3, 0.4) is 0 Å². The van der Waals surface area contributed by atoms with E-state index in [9.17, 15) is 14.4 Å². The second kappa shape index (κ2) is 9.69. The number of nitrogens with one attached hydrogen (secondary N) is 2. The number of amides is 1. The van der Waals surface area contributed by atoms with Gasteiger partial charge in [0.1, 0.15) is 21.8 Å². The molecule has 0 unspecified atom stereocenters. The third-order valence-electron chi connectivity index (χ3n) is 6.39. The van der Waals surface area contributed by atoms with Gasteiger partial charge in [-0.1, -0.05) is 13.0 Å². The van der Waals surface area contributed by atoms with Crippen molar-refractivity contribution in [1.29, 1.82) is 5.41 Å². The van der Waals surface area contributed by atoms with Crippen molar-refractivity contribution < 1.29 is 14.3 Å². The monoisotopic (exact) mass is 505 g/mol. The summed E-state index contributed by atoms with van der Waals surface area (Å²) < 4.78 is 8.32. The van der Waals surface area contributed by atoms with Crippen LogP contribution in [0, 0.1) is 5.41 Å². The van der Waals surface area contributed by atoms with E-state index in [1.54, 1.807) is 35.9 Å². The van der Waals surface area contributed by atoms with Gasteiger partial charge in [-0.15, -0.1) is 11.3 Å². The Bertz CT molecular complexity index is 1630. The van der Waals surface area contributed by atoms with Gasteiger partial charge < -0.3 is 14.6 Å². The van der Waals surface area contributed by atoms with E-state index in [0.29, 0.717) is 34.8 Å². The maximum Gasteiger partial charge on any atom is 0.341 e. The van der Waals surface area contributed by atoms with Crippen molar-refractivity contribution >= 4 is 44.9 Å². The van der Waals surface area contributed by atoms with Gasteiger partial charge in [-0.25, -0.2) is 9.78 Å². The summed E-state index contributed by atoms with van der Waals surface area (Å²) in [6.45, 7) is 4.37. The van der Waals surface area contributed by atoms with Crippen LogP contribution in [0.2, 0.25) is 0 Å². The fourth-order valence-electron chi connectivity index (χ4n) is 4.75. The lowest BCUT2D eigenvalue weighted by molar-refractivity contribution is 0.0526. The Hall–Kier alpha value is -3.79. The van der Waals surface area contributed by atoms with E-state index in [0.717, 1.165) is 36.1 Å². The number of rotatable bonds is 6. The molecule has 0 bridgehead atoms. The number of thiophene rings is 1. The average Bonchev–Trinajstić information content (AvgIpc) is 3.24. The van der Waals surface area contributed by atoms with Crippen molar-refractivity contribution in [2.75, 3.05) is 11.9 Å². The third-order valence-corrected chi connectivity index (χ3v) is 7.60. The first-order valence-electron chi connectivity index (χ1n) is 12.2. The van der Waals surface area contributed by atoms with E-state index in [2.05, 4.69) is 10.3 Å². The summed E-state index contributed by atoms with van der Waals surface area (Å²) in [6.07, 6.45) is 5.96. The summed E-state index contributed by atoms with van der Waals surface area (Å²) in [4.78, 5) is 45.3. The van der Waals surface area contributed by atoms with Crippen LogP contribution >= 0.6 is 11.3 Å². The molecule has 10 heteroatoms. The molecule has 0 aromatic carbocycles. The molecular weight excluding hydrogens is 478 g/mol. The predicted molar refractivity (Wildman–Crippen MR) is 138 cm³/mol. The predicted octanol–water partition coefficient (Wildman–Crippen LogP) is 3.91. The minimum absolute atomic E-state index is 0.0342. The summed E-state index contributed by atoms with van der Waals surface area (Å²) in [5.74, 6) is -1.000. The highest BCUT2D eigenvalue weighted by Crippen LogP contribution is 2.38. The Morgan fingerprint density at radius 1 is 1.22 bits per heavy atom. The number of aryl methyl sites for hydroxylation is 2. The van der Waals surface area contributed by atoms with Crippen molar-refractivity contribution in [2.45, 2.75) is 52.5 Å². The van der Waals surface area contributed by atoms with Gasteiger partial charge in [0, 0.05) is 17.6 Å². The molecule has 36 heavy (non-hydrogen) atoms. The Balaban J connectivity index is 1.65. The molecular formula is C26H27N5O4S. The number of aromatic nitrogens is 3. The molecule has 186 valence electrons. The molecule has 4 heterocycles. The van der Waals surface area contributed by atoms with E-state index in [1.807, 2.05) is 6.92 Å². The Labute approximate surface area is 210 Å². The van der Waals surface area contributed by atoms with Crippen LogP contribution in [0.4, 0.5) is 5.00 Å². The minimum Gasteiger partial charge on any atom is -0.462 e. The van der Waals surface area contributed by atoms with E-state index >= 15 is 0 Å². The molecule has 1 aliphatic rings. The van der Waals surface area contributed by atoms with Crippen LogP contribution in [-0.4, -0.2) is 32.4 Å². The van der Waals surface area contributed by atoms with Crippen LogP contribution in [0.15, 0.2) is 35.3 Å². The molecule has 0 aliphatic heterocycles. The number of hydrogen-bond acceptors (Lipinski definition) is 7. The molecule has 9 nitrogen and oxygen atoms in total. The van der Waals surface area contributed by atoms with Gasteiger partial charge in [-0.2, -0.15) is 0 Å². The first kappa shape index (κ1) is 23.9. The molecule has 1 aliphatic carbocycles. The normalized spacial score (nSPS) is 13.1. The highest BCUT2D eigenvalue weighted by Gasteiger charge is 2.28. The van der Waals surface area contributed by atoms with E-state index in [1.165, 1.54) is 21.8 Å². The average molecular weight is 506 g/mol. The SMILES string of the molecule is CCCn1c(=N)c(C(=O)Nc2sc3c(c2C(=O)OCC)CCCC3)cc2c(=O)n3ccccc3nc21. The smallest absolute Gasteiger partial charge is 0.341 e. The topological polar surface area (TPSA) is 119 Å². The van der Waals surface area contributed by atoms with Crippen LogP contribution in [0.1, 0.15) is 64.3 Å². The number of hydrogen-bond donors (Lipinski definition) is 2. The maximum absolute atomic E-state index is 13.5. The van der Waals surface area contributed by atoms with Crippen LogP contribution in [0.5, 0.6) is 0 Å². The van der Waals surface area contributed by atoms with Crippen LogP contribution in [0.25, 0.3) is 16.7 Å². The quantitative estimate of drug-likeness (QED) is 0.304. The Kier molecular flexibility index (Phi) is 6.44. The largest absolute Gasteiger partial charge is 0.462 e. The molecule has 0 spiro atoms. The molecule has 0 atom stereocenters. The Morgan fingerprint density at radius 3 is 2.81 bits per heavy atom. The zero-order valence-electron chi connectivity index (χ0n) is 20.2.